The Balaban J connectivity index is 1.51. The quantitative estimate of drug-likeness (QED) is 0.675. The van der Waals surface area contributed by atoms with Crippen LogP contribution < -0.4 is 10.6 Å². The summed E-state index contributed by atoms with van der Waals surface area (Å²) in [5.41, 5.74) is 1.10. The minimum Gasteiger partial charge on any atom is -0.341 e. The van der Waals surface area contributed by atoms with Gasteiger partial charge in [0.15, 0.2) is 0 Å². The normalized spacial score (nSPS) is 14.3. The smallest absolute Gasteiger partial charge is 0.314 e. The van der Waals surface area contributed by atoms with E-state index in [0.29, 0.717) is 26.1 Å². The summed E-state index contributed by atoms with van der Waals surface area (Å²) in [5.74, 6) is 0.896. The molecule has 0 radical (unpaired) electrons. The molecular weight excluding hydrogens is 314 g/mol. The van der Waals surface area contributed by atoms with Gasteiger partial charge in [-0.1, -0.05) is 56.0 Å². The molecule has 138 valence electrons. The molecule has 5 heteroatoms. The second-order valence-corrected chi connectivity index (χ2v) is 6.96. The summed E-state index contributed by atoms with van der Waals surface area (Å²) in [6.07, 6.45) is 8.00. The first-order chi connectivity index (χ1) is 12.1. The van der Waals surface area contributed by atoms with Crippen LogP contribution in [0, 0.1) is 5.92 Å². The van der Waals surface area contributed by atoms with Crippen LogP contribution in [0.15, 0.2) is 30.3 Å². The Hall–Kier alpha value is -2.04. The van der Waals surface area contributed by atoms with E-state index in [1.807, 2.05) is 30.3 Å². The lowest BCUT2D eigenvalue weighted by atomic mass is 10.0. The van der Waals surface area contributed by atoms with Crippen LogP contribution in [-0.4, -0.2) is 37.0 Å². The minimum absolute atomic E-state index is 0.0328. The van der Waals surface area contributed by atoms with Crippen LogP contribution in [0.4, 0.5) is 4.79 Å². The van der Waals surface area contributed by atoms with Crippen LogP contribution in [0.2, 0.25) is 0 Å². The highest BCUT2D eigenvalue weighted by atomic mass is 16.2. The summed E-state index contributed by atoms with van der Waals surface area (Å²) < 4.78 is 0. The number of carbonyl (C=O) groups excluding carboxylic acids is 2. The Morgan fingerprint density at radius 1 is 1.08 bits per heavy atom. The SMILES string of the molecule is CN(Cc1ccccc1)C(=O)CCNC(=O)NCCCC1CCCC1. The molecular formula is C20H31N3O2. The summed E-state index contributed by atoms with van der Waals surface area (Å²) in [5, 5.41) is 5.64. The van der Waals surface area contributed by atoms with E-state index in [1.165, 1.54) is 32.1 Å². The fraction of sp³-hybridized carbons (Fsp3) is 0.600. The first-order valence-electron chi connectivity index (χ1n) is 9.44. The van der Waals surface area contributed by atoms with Gasteiger partial charge in [0, 0.05) is 33.1 Å². The average molecular weight is 345 g/mol. The number of carbonyl (C=O) groups is 2. The van der Waals surface area contributed by atoms with Crippen molar-refractivity contribution in [3.05, 3.63) is 35.9 Å². The zero-order chi connectivity index (χ0) is 17.9. The van der Waals surface area contributed by atoms with Crippen molar-refractivity contribution in [3.8, 4) is 0 Å². The maximum absolute atomic E-state index is 12.1. The van der Waals surface area contributed by atoms with E-state index in [2.05, 4.69) is 10.6 Å². The van der Waals surface area contributed by atoms with Gasteiger partial charge in [0.25, 0.3) is 0 Å². The number of hydrogen-bond acceptors (Lipinski definition) is 2. The van der Waals surface area contributed by atoms with Crippen molar-refractivity contribution in [1.29, 1.82) is 0 Å². The Bertz CT molecular complexity index is 527. The van der Waals surface area contributed by atoms with Crippen molar-refractivity contribution in [2.24, 2.45) is 5.92 Å². The number of nitrogens with zero attached hydrogens (tertiary/aromatic N) is 1. The van der Waals surface area contributed by atoms with E-state index in [9.17, 15) is 9.59 Å². The van der Waals surface area contributed by atoms with Gasteiger partial charge in [0.1, 0.15) is 0 Å². The molecule has 5 nitrogen and oxygen atoms in total. The Kier molecular flexibility index (Phi) is 8.29. The molecule has 0 heterocycles. The van der Waals surface area contributed by atoms with Gasteiger partial charge in [0.2, 0.25) is 5.91 Å². The summed E-state index contributed by atoms with van der Waals surface area (Å²) in [6, 6.07) is 9.72. The molecule has 2 rings (SSSR count). The number of urea groups is 1. The van der Waals surface area contributed by atoms with Crippen molar-refractivity contribution in [2.75, 3.05) is 20.1 Å². The third-order valence-corrected chi connectivity index (χ3v) is 4.86. The van der Waals surface area contributed by atoms with E-state index < -0.39 is 0 Å². The number of amides is 3. The lowest BCUT2D eigenvalue weighted by Crippen LogP contribution is -2.38. The van der Waals surface area contributed by atoms with Crippen molar-refractivity contribution in [1.82, 2.24) is 15.5 Å². The van der Waals surface area contributed by atoms with Gasteiger partial charge in [-0.25, -0.2) is 4.79 Å². The fourth-order valence-electron chi connectivity index (χ4n) is 3.37. The lowest BCUT2D eigenvalue weighted by Gasteiger charge is -2.17. The molecule has 1 aliphatic rings. The predicted molar refractivity (Wildman–Crippen MR) is 100 cm³/mol. The van der Waals surface area contributed by atoms with E-state index in [4.69, 9.17) is 0 Å². The van der Waals surface area contributed by atoms with Crippen LogP contribution >= 0.6 is 0 Å². The van der Waals surface area contributed by atoms with Crippen LogP contribution in [0.1, 0.15) is 50.5 Å². The maximum atomic E-state index is 12.1. The number of hydrogen-bond donors (Lipinski definition) is 2. The molecule has 0 aliphatic heterocycles. The van der Waals surface area contributed by atoms with E-state index in [1.54, 1.807) is 11.9 Å². The third kappa shape index (κ3) is 7.59. The van der Waals surface area contributed by atoms with Crippen LogP contribution in [0.3, 0.4) is 0 Å². The molecule has 3 amide bonds. The monoisotopic (exact) mass is 345 g/mol. The van der Waals surface area contributed by atoms with Crippen LogP contribution in [-0.2, 0) is 11.3 Å². The van der Waals surface area contributed by atoms with Crippen molar-refractivity contribution in [2.45, 2.75) is 51.5 Å². The molecule has 1 aromatic rings. The fourth-order valence-corrected chi connectivity index (χ4v) is 3.37. The highest BCUT2D eigenvalue weighted by Gasteiger charge is 2.14. The molecule has 0 aromatic heterocycles. The van der Waals surface area contributed by atoms with Gasteiger partial charge in [-0.3, -0.25) is 4.79 Å². The maximum Gasteiger partial charge on any atom is 0.314 e. The van der Waals surface area contributed by atoms with Crippen LogP contribution in [0.5, 0.6) is 0 Å². The first kappa shape index (κ1) is 19.3. The molecule has 2 N–H and O–H groups in total. The van der Waals surface area contributed by atoms with Crippen LogP contribution in [0.25, 0.3) is 0 Å². The standard InChI is InChI=1S/C20H31N3O2/c1-23(16-18-10-3-2-4-11-18)19(24)13-15-22-20(25)21-14-7-12-17-8-5-6-9-17/h2-4,10-11,17H,5-9,12-16H2,1H3,(H2,21,22,25). The molecule has 1 aliphatic carbocycles. The van der Waals surface area contributed by atoms with Crippen molar-refractivity contribution < 1.29 is 9.59 Å². The predicted octanol–water partition coefficient (Wildman–Crippen LogP) is 3.30. The molecule has 0 atom stereocenters. The average Bonchev–Trinajstić information content (AvgIpc) is 3.13. The summed E-state index contributed by atoms with van der Waals surface area (Å²) in [4.78, 5) is 25.5. The van der Waals surface area contributed by atoms with E-state index >= 15 is 0 Å². The number of nitrogens with one attached hydrogen (secondary N) is 2. The van der Waals surface area contributed by atoms with E-state index in [0.717, 1.165) is 17.9 Å². The first-order valence-corrected chi connectivity index (χ1v) is 9.44. The topological polar surface area (TPSA) is 61.4 Å². The largest absolute Gasteiger partial charge is 0.341 e. The molecule has 25 heavy (non-hydrogen) atoms. The summed E-state index contributed by atoms with van der Waals surface area (Å²) in [6.45, 7) is 1.67. The highest BCUT2D eigenvalue weighted by Crippen LogP contribution is 2.28. The van der Waals surface area contributed by atoms with Crippen molar-refractivity contribution >= 4 is 11.9 Å². The van der Waals surface area contributed by atoms with Gasteiger partial charge < -0.3 is 15.5 Å². The summed E-state index contributed by atoms with van der Waals surface area (Å²) >= 11 is 0. The number of benzene rings is 1. The molecule has 1 aromatic carbocycles. The van der Waals surface area contributed by atoms with E-state index in [-0.39, 0.29) is 11.9 Å². The minimum atomic E-state index is -0.176. The zero-order valence-corrected chi connectivity index (χ0v) is 15.3. The Labute approximate surface area is 151 Å². The third-order valence-electron chi connectivity index (χ3n) is 4.86. The van der Waals surface area contributed by atoms with Gasteiger partial charge >= 0.3 is 6.03 Å². The molecule has 0 saturated heterocycles. The molecule has 1 saturated carbocycles. The van der Waals surface area contributed by atoms with Crippen molar-refractivity contribution in [3.63, 3.8) is 0 Å². The summed E-state index contributed by atoms with van der Waals surface area (Å²) in [7, 11) is 1.79. The molecule has 0 unspecified atom stereocenters. The Morgan fingerprint density at radius 2 is 1.76 bits per heavy atom. The van der Waals surface area contributed by atoms with Gasteiger partial charge in [-0.15, -0.1) is 0 Å². The molecule has 0 spiro atoms. The lowest BCUT2D eigenvalue weighted by molar-refractivity contribution is -0.130. The highest BCUT2D eigenvalue weighted by molar-refractivity contribution is 5.78. The van der Waals surface area contributed by atoms with Gasteiger partial charge in [-0.2, -0.15) is 0 Å². The second-order valence-electron chi connectivity index (χ2n) is 6.96. The molecule has 0 bridgehead atoms. The second kappa shape index (κ2) is 10.7. The molecule has 1 fully saturated rings. The Morgan fingerprint density at radius 3 is 2.48 bits per heavy atom. The van der Waals surface area contributed by atoms with Gasteiger partial charge in [-0.05, 0) is 24.3 Å². The van der Waals surface area contributed by atoms with Gasteiger partial charge in [0.05, 0.1) is 0 Å². The number of rotatable bonds is 9. The zero-order valence-electron chi connectivity index (χ0n) is 15.3.